The molecule has 1 amide bonds. The zero-order valence-electron chi connectivity index (χ0n) is 11.1. The van der Waals surface area contributed by atoms with E-state index >= 15 is 0 Å². The summed E-state index contributed by atoms with van der Waals surface area (Å²) in [4.78, 5) is 24.7. The lowest BCUT2D eigenvalue weighted by Crippen LogP contribution is -2.27. The summed E-state index contributed by atoms with van der Waals surface area (Å²) in [5.41, 5.74) is 0.161. The maximum atomic E-state index is 11.9. The highest BCUT2D eigenvalue weighted by molar-refractivity contribution is 6.24. The minimum absolute atomic E-state index is 0.0765. The fraction of sp³-hybridized carbons (Fsp3) is 0.385. The number of carboxylic acid groups (broad SMARTS) is 1. The number of anilines is 1. The number of aromatic carboxylic acids is 1. The first-order valence-corrected chi connectivity index (χ1v) is 6.35. The Balaban J connectivity index is 2.60. The lowest BCUT2D eigenvalue weighted by molar-refractivity contribution is -0.117. The minimum Gasteiger partial charge on any atom is -0.497 e. The van der Waals surface area contributed by atoms with Crippen LogP contribution in [0.4, 0.5) is 5.69 Å². The minimum atomic E-state index is -1.18. The maximum absolute atomic E-state index is 11.9. The number of carbonyl (C=O) groups is 2. The number of hydrogen-bond acceptors (Lipinski definition) is 4. The van der Waals surface area contributed by atoms with Crippen LogP contribution in [0.5, 0.6) is 11.5 Å². The van der Waals surface area contributed by atoms with Gasteiger partial charge in [0.1, 0.15) is 17.1 Å². The van der Waals surface area contributed by atoms with Crippen molar-refractivity contribution in [2.75, 3.05) is 25.7 Å². The molecule has 0 spiro atoms. The second kappa shape index (κ2) is 5.58. The third-order valence-corrected chi connectivity index (χ3v) is 3.39. The van der Waals surface area contributed by atoms with E-state index < -0.39 is 5.97 Å². The molecule has 1 N–H and O–H groups in total. The number of carboxylic acids is 1. The van der Waals surface area contributed by atoms with Crippen LogP contribution in [-0.2, 0) is 4.79 Å². The summed E-state index contributed by atoms with van der Waals surface area (Å²) in [6.45, 7) is 0.261. The molecular formula is C13H14ClNO5. The van der Waals surface area contributed by atoms with Gasteiger partial charge < -0.3 is 19.5 Å². The van der Waals surface area contributed by atoms with E-state index in [1.54, 1.807) is 0 Å². The van der Waals surface area contributed by atoms with E-state index in [2.05, 4.69) is 0 Å². The Morgan fingerprint density at radius 3 is 2.55 bits per heavy atom. The zero-order chi connectivity index (χ0) is 14.9. The normalized spacial score (nSPS) is 18.2. The number of hydrogen-bond donors (Lipinski definition) is 1. The van der Waals surface area contributed by atoms with E-state index in [1.165, 1.54) is 31.3 Å². The van der Waals surface area contributed by atoms with Crippen LogP contribution in [-0.4, -0.2) is 43.1 Å². The van der Waals surface area contributed by atoms with Gasteiger partial charge in [-0.3, -0.25) is 4.79 Å². The number of rotatable bonds is 4. The summed E-state index contributed by atoms with van der Waals surface area (Å²) >= 11 is 5.96. The van der Waals surface area contributed by atoms with Crippen molar-refractivity contribution in [1.29, 1.82) is 0 Å². The Bertz CT molecular complexity index is 560. The van der Waals surface area contributed by atoms with Crippen molar-refractivity contribution in [2.24, 2.45) is 0 Å². The van der Waals surface area contributed by atoms with Crippen LogP contribution < -0.4 is 14.4 Å². The summed E-state index contributed by atoms with van der Waals surface area (Å²) in [6, 6.07) is 2.96. The van der Waals surface area contributed by atoms with Crippen LogP contribution in [0.1, 0.15) is 16.8 Å². The molecule has 6 nitrogen and oxygen atoms in total. The molecule has 0 aliphatic carbocycles. The smallest absolute Gasteiger partial charge is 0.341 e. The van der Waals surface area contributed by atoms with Crippen molar-refractivity contribution < 1.29 is 24.2 Å². The summed E-state index contributed by atoms with van der Waals surface area (Å²) in [7, 11) is 2.82. The van der Waals surface area contributed by atoms with Gasteiger partial charge in [0.05, 0.1) is 25.3 Å². The molecule has 1 aromatic rings. The third-order valence-electron chi connectivity index (χ3n) is 3.09. The van der Waals surface area contributed by atoms with Crippen LogP contribution in [0.15, 0.2) is 12.1 Å². The molecule has 1 heterocycles. The Morgan fingerprint density at radius 1 is 1.40 bits per heavy atom. The van der Waals surface area contributed by atoms with Crippen molar-refractivity contribution in [2.45, 2.75) is 11.8 Å². The van der Waals surface area contributed by atoms with Gasteiger partial charge in [-0.1, -0.05) is 0 Å². The molecule has 1 fully saturated rings. The van der Waals surface area contributed by atoms with Gasteiger partial charge in [0.15, 0.2) is 0 Å². The van der Waals surface area contributed by atoms with Gasteiger partial charge in [-0.15, -0.1) is 11.6 Å². The number of methoxy groups -OCH3 is 2. The summed E-state index contributed by atoms with van der Waals surface area (Å²) in [5, 5.41) is 9.03. The predicted octanol–water partition coefficient (Wildman–Crippen LogP) is 1.75. The molecule has 1 aliphatic rings. The highest BCUT2D eigenvalue weighted by atomic mass is 35.5. The molecule has 2 rings (SSSR count). The molecule has 0 radical (unpaired) electrons. The second-order valence-corrected chi connectivity index (χ2v) is 4.95. The van der Waals surface area contributed by atoms with Gasteiger partial charge in [0.2, 0.25) is 5.91 Å². The van der Waals surface area contributed by atoms with Crippen LogP contribution in [0.3, 0.4) is 0 Å². The van der Waals surface area contributed by atoms with Gasteiger partial charge in [-0.25, -0.2) is 4.79 Å². The van der Waals surface area contributed by atoms with Crippen LogP contribution in [0.25, 0.3) is 0 Å². The number of carbonyl (C=O) groups excluding carboxylic acids is 1. The van der Waals surface area contributed by atoms with E-state index in [9.17, 15) is 14.7 Å². The topological polar surface area (TPSA) is 76.1 Å². The highest BCUT2D eigenvalue weighted by Crippen LogP contribution is 2.37. The largest absolute Gasteiger partial charge is 0.497 e. The lowest BCUT2D eigenvalue weighted by atomic mass is 10.1. The standard InChI is InChI=1S/C13H14ClNO5/c1-19-8-4-9(15-6-7(14)3-11(15)16)12(13(17)18)10(5-8)20-2/h4-5,7H,3,6H2,1-2H3,(H,17,18). The Labute approximate surface area is 120 Å². The van der Waals surface area contributed by atoms with E-state index in [0.29, 0.717) is 5.75 Å². The molecule has 0 saturated carbocycles. The number of nitrogens with zero attached hydrogens (tertiary/aromatic N) is 1. The molecular weight excluding hydrogens is 286 g/mol. The van der Waals surface area contributed by atoms with Gasteiger partial charge in [0.25, 0.3) is 0 Å². The van der Waals surface area contributed by atoms with E-state index in [4.69, 9.17) is 21.1 Å². The number of ether oxygens (including phenoxy) is 2. The molecule has 20 heavy (non-hydrogen) atoms. The van der Waals surface area contributed by atoms with Gasteiger partial charge in [-0.05, 0) is 0 Å². The molecule has 0 aromatic heterocycles. The fourth-order valence-corrected chi connectivity index (χ4v) is 2.45. The Hall–Kier alpha value is -1.95. The van der Waals surface area contributed by atoms with E-state index in [0.717, 1.165) is 0 Å². The molecule has 0 bridgehead atoms. The van der Waals surface area contributed by atoms with Crippen LogP contribution in [0.2, 0.25) is 0 Å². The highest BCUT2D eigenvalue weighted by Gasteiger charge is 2.33. The molecule has 1 saturated heterocycles. The van der Waals surface area contributed by atoms with E-state index in [1.807, 2.05) is 0 Å². The average Bonchev–Trinajstić information content (AvgIpc) is 2.75. The number of amides is 1. The van der Waals surface area contributed by atoms with Crippen LogP contribution >= 0.6 is 11.6 Å². The Kier molecular flexibility index (Phi) is 4.04. The van der Waals surface area contributed by atoms with Crippen molar-refractivity contribution in [1.82, 2.24) is 0 Å². The maximum Gasteiger partial charge on any atom is 0.341 e. The molecule has 1 unspecified atom stereocenters. The number of benzene rings is 1. The van der Waals surface area contributed by atoms with Gasteiger partial charge in [-0.2, -0.15) is 0 Å². The van der Waals surface area contributed by atoms with Crippen LogP contribution in [0, 0.1) is 0 Å². The molecule has 1 atom stereocenters. The molecule has 1 aromatic carbocycles. The summed E-state index contributed by atoms with van der Waals surface area (Å²) in [5.74, 6) is -0.849. The molecule has 7 heteroatoms. The first kappa shape index (κ1) is 14.5. The first-order chi connectivity index (χ1) is 9.47. The van der Waals surface area contributed by atoms with Gasteiger partial charge in [0, 0.05) is 25.1 Å². The lowest BCUT2D eigenvalue weighted by Gasteiger charge is -2.21. The van der Waals surface area contributed by atoms with Crippen molar-refractivity contribution >= 4 is 29.2 Å². The predicted molar refractivity (Wildman–Crippen MR) is 73.1 cm³/mol. The van der Waals surface area contributed by atoms with Crippen molar-refractivity contribution in [3.63, 3.8) is 0 Å². The first-order valence-electron chi connectivity index (χ1n) is 5.91. The second-order valence-electron chi connectivity index (χ2n) is 4.33. The number of halogens is 1. The van der Waals surface area contributed by atoms with Crippen molar-refractivity contribution in [3.8, 4) is 11.5 Å². The van der Waals surface area contributed by atoms with Gasteiger partial charge >= 0.3 is 5.97 Å². The quantitative estimate of drug-likeness (QED) is 0.857. The Morgan fingerprint density at radius 2 is 2.10 bits per heavy atom. The molecule has 108 valence electrons. The summed E-state index contributed by atoms with van der Waals surface area (Å²) < 4.78 is 10.2. The SMILES string of the molecule is COc1cc(OC)c(C(=O)O)c(N2CC(Cl)CC2=O)c1. The third kappa shape index (κ3) is 2.51. The number of alkyl halides is 1. The molecule has 1 aliphatic heterocycles. The summed E-state index contributed by atoms with van der Waals surface area (Å²) in [6.07, 6.45) is 0.181. The fourth-order valence-electron chi connectivity index (χ4n) is 2.18. The monoisotopic (exact) mass is 299 g/mol. The average molecular weight is 300 g/mol. The van der Waals surface area contributed by atoms with E-state index in [-0.39, 0.29) is 41.3 Å². The zero-order valence-corrected chi connectivity index (χ0v) is 11.8. The van der Waals surface area contributed by atoms with Crippen molar-refractivity contribution in [3.05, 3.63) is 17.7 Å².